The lowest BCUT2D eigenvalue weighted by molar-refractivity contribution is 0.415. The first-order valence-electron chi connectivity index (χ1n) is 6.90. The number of benzene rings is 2. The first-order chi connectivity index (χ1) is 11.4. The third-order valence-corrected chi connectivity index (χ3v) is 4.69. The Kier molecular flexibility index (Phi) is 4.31. The average molecular weight is 364 g/mol. The molecule has 0 aliphatic carbocycles. The summed E-state index contributed by atoms with van der Waals surface area (Å²) in [7, 11) is -2.26. The summed E-state index contributed by atoms with van der Waals surface area (Å²) in [6, 6.07) is 11.5. The second-order valence-electron chi connectivity index (χ2n) is 5.06. The van der Waals surface area contributed by atoms with Crippen LogP contribution in [-0.2, 0) is 10.0 Å². The molecule has 0 radical (unpaired) electrons. The topological polar surface area (TPSA) is 94.3 Å². The molecule has 1 heterocycles. The Hall–Kier alpha value is -2.35. The van der Waals surface area contributed by atoms with Crippen LogP contribution in [0.3, 0.4) is 0 Å². The third-order valence-electron chi connectivity index (χ3n) is 3.47. The molecule has 124 valence electrons. The van der Waals surface area contributed by atoms with E-state index >= 15 is 0 Å². The van der Waals surface area contributed by atoms with Crippen LogP contribution < -0.4 is 15.2 Å². The number of nitrogens with two attached hydrogens (primary N) is 1. The van der Waals surface area contributed by atoms with E-state index < -0.39 is 10.0 Å². The summed E-state index contributed by atoms with van der Waals surface area (Å²) in [6.07, 6.45) is 1.63. The monoisotopic (exact) mass is 363 g/mol. The number of sulfonamides is 1. The van der Waals surface area contributed by atoms with Gasteiger partial charge in [-0.2, -0.15) is 0 Å². The maximum Gasteiger partial charge on any atom is 0.238 e. The molecule has 1 aromatic heterocycles. The van der Waals surface area contributed by atoms with Crippen LogP contribution in [0.1, 0.15) is 0 Å². The Morgan fingerprint density at radius 1 is 1.17 bits per heavy atom. The van der Waals surface area contributed by atoms with Crippen LogP contribution in [0.4, 0.5) is 11.4 Å². The number of aromatic nitrogens is 1. The maximum absolute atomic E-state index is 11.6. The Morgan fingerprint density at radius 2 is 1.96 bits per heavy atom. The van der Waals surface area contributed by atoms with E-state index in [-0.39, 0.29) is 4.90 Å². The van der Waals surface area contributed by atoms with Crippen LogP contribution in [0.15, 0.2) is 53.6 Å². The fourth-order valence-corrected chi connectivity index (χ4v) is 3.04. The molecule has 3 rings (SSSR count). The summed E-state index contributed by atoms with van der Waals surface area (Å²) >= 11 is 6.02. The van der Waals surface area contributed by atoms with Crippen LogP contribution in [0.25, 0.3) is 10.9 Å². The van der Waals surface area contributed by atoms with E-state index in [4.69, 9.17) is 21.5 Å². The fraction of sp³-hybridized carbons (Fsp3) is 0.0625. The van der Waals surface area contributed by atoms with Gasteiger partial charge in [0, 0.05) is 29.0 Å². The molecule has 24 heavy (non-hydrogen) atoms. The molecule has 0 bridgehead atoms. The van der Waals surface area contributed by atoms with Gasteiger partial charge in [-0.3, -0.25) is 4.98 Å². The minimum absolute atomic E-state index is 0.0275. The Bertz CT molecular complexity index is 1020. The maximum atomic E-state index is 11.6. The first-order valence-corrected chi connectivity index (χ1v) is 8.83. The molecule has 8 heteroatoms. The number of halogens is 1. The van der Waals surface area contributed by atoms with Gasteiger partial charge >= 0.3 is 0 Å². The number of hydrogen-bond donors (Lipinski definition) is 2. The molecule has 0 aliphatic heterocycles. The number of ether oxygens (including phenoxy) is 1. The van der Waals surface area contributed by atoms with Crippen LogP contribution in [0.2, 0.25) is 5.02 Å². The van der Waals surface area contributed by atoms with Crippen molar-refractivity contribution in [3.05, 3.63) is 53.7 Å². The number of methoxy groups -OCH3 is 1. The number of primary sulfonamides is 1. The van der Waals surface area contributed by atoms with Crippen molar-refractivity contribution in [3.8, 4) is 5.75 Å². The number of nitrogens with zero attached hydrogens (tertiary/aromatic N) is 1. The molecule has 6 nitrogen and oxygen atoms in total. The molecule has 0 unspecified atom stereocenters. The van der Waals surface area contributed by atoms with Crippen LogP contribution in [0.5, 0.6) is 5.75 Å². The molecule has 0 amide bonds. The molecule has 2 aromatic carbocycles. The Morgan fingerprint density at radius 3 is 2.67 bits per heavy atom. The highest BCUT2D eigenvalue weighted by Gasteiger charge is 2.11. The van der Waals surface area contributed by atoms with Crippen LogP contribution in [0, 0.1) is 0 Å². The molecule has 0 spiro atoms. The van der Waals surface area contributed by atoms with Gasteiger partial charge in [-0.1, -0.05) is 11.6 Å². The molecule has 0 saturated carbocycles. The van der Waals surface area contributed by atoms with E-state index in [1.165, 1.54) is 19.2 Å². The molecule has 3 N–H and O–H groups in total. The summed E-state index contributed by atoms with van der Waals surface area (Å²) < 4.78 is 28.3. The molecule has 0 fully saturated rings. The van der Waals surface area contributed by atoms with Crippen LogP contribution in [-0.4, -0.2) is 20.5 Å². The standard InChI is InChI=1S/C16H14ClN3O3S/c1-23-16-8-10(2-4-13(16)17)20-15-6-7-19-14-5-3-11(9-12(14)15)24(18,21)22/h2-9H,1H3,(H,19,20)(H2,18,21,22). The van der Waals surface area contributed by atoms with Gasteiger partial charge in [-0.05, 0) is 36.4 Å². The highest BCUT2D eigenvalue weighted by molar-refractivity contribution is 7.89. The van der Waals surface area contributed by atoms with Crippen molar-refractivity contribution < 1.29 is 13.2 Å². The number of anilines is 2. The van der Waals surface area contributed by atoms with E-state index in [1.807, 2.05) is 0 Å². The van der Waals surface area contributed by atoms with E-state index in [2.05, 4.69) is 10.3 Å². The lowest BCUT2D eigenvalue weighted by Gasteiger charge is -2.12. The predicted molar refractivity (Wildman–Crippen MR) is 94.4 cm³/mol. The number of nitrogens with one attached hydrogen (secondary N) is 1. The Balaban J connectivity index is 2.09. The second-order valence-corrected chi connectivity index (χ2v) is 7.03. The third kappa shape index (κ3) is 3.28. The van der Waals surface area contributed by atoms with Gasteiger partial charge in [0.05, 0.1) is 22.5 Å². The molecular weight excluding hydrogens is 350 g/mol. The van der Waals surface area contributed by atoms with Crippen molar-refractivity contribution in [3.63, 3.8) is 0 Å². The quantitative estimate of drug-likeness (QED) is 0.741. The minimum atomic E-state index is -3.79. The van der Waals surface area contributed by atoms with Gasteiger partial charge in [0.2, 0.25) is 10.0 Å². The van der Waals surface area contributed by atoms with E-state index in [0.717, 1.165) is 5.69 Å². The average Bonchev–Trinajstić information content (AvgIpc) is 2.55. The fourth-order valence-electron chi connectivity index (χ4n) is 2.30. The highest BCUT2D eigenvalue weighted by Crippen LogP contribution is 2.31. The lowest BCUT2D eigenvalue weighted by atomic mass is 10.2. The predicted octanol–water partition coefficient (Wildman–Crippen LogP) is 3.29. The van der Waals surface area contributed by atoms with Gasteiger partial charge in [-0.15, -0.1) is 0 Å². The van der Waals surface area contributed by atoms with E-state index in [9.17, 15) is 8.42 Å². The molecule has 3 aromatic rings. The van der Waals surface area contributed by atoms with Crippen LogP contribution >= 0.6 is 11.6 Å². The Labute approximate surface area is 144 Å². The second kappa shape index (κ2) is 6.27. The van der Waals surface area contributed by atoms with Gasteiger partial charge in [0.1, 0.15) is 5.75 Å². The number of rotatable bonds is 4. The van der Waals surface area contributed by atoms with Gasteiger partial charge in [-0.25, -0.2) is 13.6 Å². The molecule has 0 saturated heterocycles. The zero-order valence-corrected chi connectivity index (χ0v) is 14.2. The van der Waals surface area contributed by atoms with Gasteiger partial charge in [0.25, 0.3) is 0 Å². The SMILES string of the molecule is COc1cc(Nc2ccnc3ccc(S(N)(=O)=O)cc23)ccc1Cl. The number of fused-ring (bicyclic) bond motifs is 1. The number of pyridine rings is 1. The highest BCUT2D eigenvalue weighted by atomic mass is 35.5. The zero-order chi connectivity index (χ0) is 17.3. The first kappa shape index (κ1) is 16.5. The zero-order valence-electron chi connectivity index (χ0n) is 12.7. The molecule has 0 aliphatic rings. The van der Waals surface area contributed by atoms with Crippen molar-refractivity contribution in [1.82, 2.24) is 4.98 Å². The smallest absolute Gasteiger partial charge is 0.238 e. The largest absolute Gasteiger partial charge is 0.495 e. The van der Waals surface area contributed by atoms with Gasteiger partial charge < -0.3 is 10.1 Å². The molecular formula is C16H14ClN3O3S. The summed E-state index contributed by atoms with van der Waals surface area (Å²) in [4.78, 5) is 4.26. The van der Waals surface area contributed by atoms with Crippen molar-refractivity contribution in [2.45, 2.75) is 4.90 Å². The van der Waals surface area contributed by atoms with E-state index in [1.54, 1.807) is 36.5 Å². The van der Waals surface area contributed by atoms with E-state index in [0.29, 0.717) is 27.4 Å². The van der Waals surface area contributed by atoms with Crippen molar-refractivity contribution in [1.29, 1.82) is 0 Å². The summed E-state index contributed by atoms with van der Waals surface area (Å²) in [5, 5.41) is 9.55. The van der Waals surface area contributed by atoms with Crippen molar-refractivity contribution in [2.75, 3.05) is 12.4 Å². The normalized spacial score (nSPS) is 11.5. The van der Waals surface area contributed by atoms with Crippen molar-refractivity contribution >= 4 is 43.9 Å². The van der Waals surface area contributed by atoms with Crippen molar-refractivity contribution in [2.24, 2.45) is 5.14 Å². The number of hydrogen-bond acceptors (Lipinski definition) is 5. The lowest BCUT2D eigenvalue weighted by Crippen LogP contribution is -2.12. The summed E-state index contributed by atoms with van der Waals surface area (Å²) in [6.45, 7) is 0. The minimum Gasteiger partial charge on any atom is -0.495 e. The molecule has 0 atom stereocenters. The van der Waals surface area contributed by atoms with Gasteiger partial charge in [0.15, 0.2) is 0 Å². The summed E-state index contributed by atoms with van der Waals surface area (Å²) in [5.74, 6) is 0.533. The summed E-state index contributed by atoms with van der Waals surface area (Å²) in [5.41, 5.74) is 2.08.